The van der Waals surface area contributed by atoms with Crippen molar-refractivity contribution in [2.45, 2.75) is 0 Å². The molecule has 1 aromatic rings. The van der Waals surface area contributed by atoms with Crippen LogP contribution < -0.4 is 11.5 Å². The summed E-state index contributed by atoms with van der Waals surface area (Å²) in [5, 5.41) is 7.97. The fourth-order valence-electron chi connectivity index (χ4n) is 0.798. The van der Waals surface area contributed by atoms with E-state index in [-0.39, 0.29) is 11.0 Å². The lowest BCUT2D eigenvalue weighted by atomic mass is 10.2. The van der Waals surface area contributed by atoms with Gasteiger partial charge in [-0.1, -0.05) is 40.9 Å². The maximum atomic E-state index is 5.90. The first-order valence-corrected chi connectivity index (χ1v) is 4.91. The van der Waals surface area contributed by atoms with Crippen LogP contribution in [0.4, 0.5) is 0 Å². The first-order chi connectivity index (χ1) is 7.02. The van der Waals surface area contributed by atoms with Crippen LogP contribution in [0.1, 0.15) is 5.56 Å². The second kappa shape index (κ2) is 5.21. The number of nitrogens with two attached hydrogens (primary N) is 2. The van der Waals surface area contributed by atoms with Crippen LogP contribution in [0.3, 0.4) is 0 Å². The van der Waals surface area contributed by atoms with E-state index in [9.17, 15) is 0 Å². The van der Waals surface area contributed by atoms with Crippen LogP contribution in [-0.2, 0) is 0 Å². The third kappa shape index (κ3) is 3.27. The second-order valence-corrected chi connectivity index (χ2v) is 3.70. The minimum absolute atomic E-state index is 0.137. The van der Waals surface area contributed by atoms with Gasteiger partial charge in [0.25, 0.3) is 0 Å². The van der Waals surface area contributed by atoms with Crippen molar-refractivity contribution in [2.75, 3.05) is 0 Å². The van der Waals surface area contributed by atoms with Crippen molar-refractivity contribution in [1.82, 2.24) is 0 Å². The highest BCUT2D eigenvalue weighted by molar-refractivity contribution is 6.48. The molecule has 4 N–H and O–H groups in total. The molecule has 0 aliphatic carbocycles. The topological polar surface area (TPSA) is 76.8 Å². The zero-order valence-corrected chi connectivity index (χ0v) is 9.68. The van der Waals surface area contributed by atoms with Gasteiger partial charge >= 0.3 is 0 Å². The van der Waals surface area contributed by atoms with Gasteiger partial charge in [0.15, 0.2) is 0 Å². The molecule has 0 aliphatic heterocycles. The SMILES string of the molecule is NC(N)=NN=Cc1ccc(Cl)c(Cl)c1Cl. The Kier molecular flexibility index (Phi) is 4.20. The molecule has 0 aromatic heterocycles. The van der Waals surface area contributed by atoms with Gasteiger partial charge in [0, 0.05) is 5.56 Å². The van der Waals surface area contributed by atoms with Gasteiger partial charge in [0.05, 0.1) is 21.3 Å². The van der Waals surface area contributed by atoms with Crippen molar-refractivity contribution in [3.8, 4) is 0 Å². The Bertz CT molecular complexity index is 424. The standard InChI is InChI=1S/C8H7Cl3N4/c9-5-2-1-4(6(10)7(5)11)3-14-15-8(12)13/h1-3H,(H4,12,13,15). The van der Waals surface area contributed by atoms with E-state index in [0.717, 1.165) is 0 Å². The number of nitrogens with zero attached hydrogens (tertiary/aromatic N) is 2. The summed E-state index contributed by atoms with van der Waals surface area (Å²) in [5.41, 5.74) is 10.7. The summed E-state index contributed by atoms with van der Waals surface area (Å²) in [6.45, 7) is 0. The first kappa shape index (κ1) is 12.1. The van der Waals surface area contributed by atoms with Gasteiger partial charge in [-0.05, 0) is 6.07 Å². The van der Waals surface area contributed by atoms with E-state index in [1.54, 1.807) is 12.1 Å². The maximum Gasteiger partial charge on any atom is 0.211 e. The van der Waals surface area contributed by atoms with Crippen LogP contribution in [0.5, 0.6) is 0 Å². The predicted octanol–water partition coefficient (Wildman–Crippen LogP) is 2.25. The fraction of sp³-hybridized carbons (Fsp3) is 0. The molecule has 0 radical (unpaired) electrons. The Labute approximate surface area is 102 Å². The molecule has 0 atom stereocenters. The van der Waals surface area contributed by atoms with Crippen molar-refractivity contribution in [3.63, 3.8) is 0 Å². The number of guanidine groups is 1. The number of rotatable bonds is 2. The van der Waals surface area contributed by atoms with Gasteiger partial charge in [0.2, 0.25) is 5.96 Å². The fourth-order valence-corrected chi connectivity index (χ4v) is 1.39. The van der Waals surface area contributed by atoms with Crippen LogP contribution >= 0.6 is 34.8 Å². The number of hydrogen-bond acceptors (Lipinski definition) is 2. The normalized spacial score (nSPS) is 10.6. The quantitative estimate of drug-likeness (QED) is 0.372. The van der Waals surface area contributed by atoms with Crippen LogP contribution in [0.15, 0.2) is 22.3 Å². The third-order valence-electron chi connectivity index (χ3n) is 1.44. The lowest BCUT2D eigenvalue weighted by molar-refractivity contribution is 1.21. The molecule has 1 aromatic carbocycles. The Hall–Kier alpha value is -0.970. The molecule has 0 saturated carbocycles. The highest BCUT2D eigenvalue weighted by Gasteiger charge is 2.06. The predicted molar refractivity (Wildman–Crippen MR) is 64.9 cm³/mol. The van der Waals surface area contributed by atoms with Crippen LogP contribution in [0, 0.1) is 0 Å². The lowest BCUT2D eigenvalue weighted by Gasteiger charge is -2.01. The van der Waals surface area contributed by atoms with E-state index in [4.69, 9.17) is 46.3 Å². The molecule has 0 aliphatic rings. The highest BCUT2D eigenvalue weighted by Crippen LogP contribution is 2.31. The largest absolute Gasteiger partial charge is 0.369 e. The van der Waals surface area contributed by atoms with Gasteiger partial charge in [-0.2, -0.15) is 5.10 Å². The monoisotopic (exact) mass is 264 g/mol. The zero-order chi connectivity index (χ0) is 11.4. The van der Waals surface area contributed by atoms with Gasteiger partial charge < -0.3 is 11.5 Å². The van der Waals surface area contributed by atoms with Gasteiger partial charge in [-0.3, -0.25) is 0 Å². The first-order valence-electron chi connectivity index (χ1n) is 3.78. The molecule has 4 nitrogen and oxygen atoms in total. The average molecular weight is 266 g/mol. The Balaban J connectivity index is 3.02. The molecule has 0 unspecified atom stereocenters. The molecular weight excluding hydrogens is 258 g/mol. The average Bonchev–Trinajstić information content (AvgIpc) is 2.18. The van der Waals surface area contributed by atoms with Crippen LogP contribution in [-0.4, -0.2) is 12.2 Å². The molecule has 0 saturated heterocycles. The maximum absolute atomic E-state index is 5.90. The summed E-state index contributed by atoms with van der Waals surface area (Å²) >= 11 is 17.5. The molecule has 0 fully saturated rings. The zero-order valence-electron chi connectivity index (χ0n) is 7.42. The smallest absolute Gasteiger partial charge is 0.211 e. The van der Waals surface area contributed by atoms with Crippen molar-refractivity contribution < 1.29 is 0 Å². The van der Waals surface area contributed by atoms with Gasteiger partial charge in [-0.25, -0.2) is 0 Å². The summed E-state index contributed by atoms with van der Waals surface area (Å²) in [6.07, 6.45) is 1.38. The van der Waals surface area contributed by atoms with E-state index in [1.165, 1.54) is 6.21 Å². The second-order valence-electron chi connectivity index (χ2n) is 2.53. The molecule has 0 bridgehead atoms. The van der Waals surface area contributed by atoms with E-state index in [2.05, 4.69) is 10.2 Å². The van der Waals surface area contributed by atoms with E-state index in [0.29, 0.717) is 15.6 Å². The third-order valence-corrected chi connectivity index (χ3v) is 2.74. The van der Waals surface area contributed by atoms with E-state index in [1.807, 2.05) is 0 Å². The Morgan fingerprint density at radius 1 is 1.13 bits per heavy atom. The summed E-state index contributed by atoms with van der Waals surface area (Å²) in [7, 11) is 0. The summed E-state index contributed by atoms with van der Waals surface area (Å²) in [5.74, 6) is -0.137. The molecule has 0 heterocycles. The van der Waals surface area contributed by atoms with Crippen molar-refractivity contribution in [2.24, 2.45) is 21.7 Å². The highest BCUT2D eigenvalue weighted by atomic mass is 35.5. The summed E-state index contributed by atoms with van der Waals surface area (Å²) < 4.78 is 0. The van der Waals surface area contributed by atoms with Crippen molar-refractivity contribution >= 4 is 47.0 Å². The molecule has 80 valence electrons. The Morgan fingerprint density at radius 3 is 2.40 bits per heavy atom. The summed E-state index contributed by atoms with van der Waals surface area (Å²) in [4.78, 5) is 0. The summed E-state index contributed by atoms with van der Waals surface area (Å²) in [6, 6.07) is 3.26. The molecule has 0 spiro atoms. The minimum Gasteiger partial charge on any atom is -0.369 e. The molecular formula is C8H7Cl3N4. The Morgan fingerprint density at radius 2 is 1.80 bits per heavy atom. The number of benzene rings is 1. The van der Waals surface area contributed by atoms with E-state index >= 15 is 0 Å². The number of halogens is 3. The molecule has 7 heteroatoms. The van der Waals surface area contributed by atoms with Crippen molar-refractivity contribution in [1.29, 1.82) is 0 Å². The molecule has 1 rings (SSSR count). The van der Waals surface area contributed by atoms with Gasteiger partial charge in [-0.15, -0.1) is 5.10 Å². The van der Waals surface area contributed by atoms with Gasteiger partial charge in [0.1, 0.15) is 0 Å². The lowest BCUT2D eigenvalue weighted by Crippen LogP contribution is -2.21. The molecule has 0 amide bonds. The van der Waals surface area contributed by atoms with E-state index < -0.39 is 0 Å². The number of hydrogen-bond donors (Lipinski definition) is 2. The van der Waals surface area contributed by atoms with Crippen LogP contribution in [0.25, 0.3) is 0 Å². The van der Waals surface area contributed by atoms with Crippen molar-refractivity contribution in [3.05, 3.63) is 32.8 Å². The minimum atomic E-state index is -0.137. The molecule has 15 heavy (non-hydrogen) atoms. The van der Waals surface area contributed by atoms with Crippen LogP contribution in [0.2, 0.25) is 15.1 Å².